The lowest BCUT2D eigenvalue weighted by molar-refractivity contribution is -0.139. The largest absolute Gasteiger partial charge is 0.497 e. The van der Waals surface area contributed by atoms with Gasteiger partial charge in [0.1, 0.15) is 18.3 Å². The van der Waals surface area contributed by atoms with E-state index in [1.165, 1.54) is 30.2 Å². The molecule has 3 aromatic carbocycles. The van der Waals surface area contributed by atoms with Crippen molar-refractivity contribution in [2.45, 2.75) is 50.6 Å². The smallest absolute Gasteiger partial charge is 0.264 e. The number of anilines is 1. The third-order valence-electron chi connectivity index (χ3n) is 6.68. The summed E-state index contributed by atoms with van der Waals surface area (Å²) in [6, 6.07) is 20.9. The molecule has 0 aromatic heterocycles. The number of benzene rings is 3. The number of rotatable bonds is 13. The van der Waals surface area contributed by atoms with Crippen LogP contribution in [0.25, 0.3) is 0 Å². The Morgan fingerprint density at radius 3 is 2.25 bits per heavy atom. The molecule has 10 heteroatoms. The summed E-state index contributed by atoms with van der Waals surface area (Å²) in [6.07, 6.45) is 1.23. The zero-order valence-electron chi connectivity index (χ0n) is 23.2. The molecule has 0 bridgehead atoms. The lowest BCUT2D eigenvalue weighted by Crippen LogP contribution is -2.53. The van der Waals surface area contributed by atoms with Gasteiger partial charge in [-0.05, 0) is 74.7 Å². The molecule has 8 nitrogen and oxygen atoms in total. The highest BCUT2D eigenvalue weighted by Crippen LogP contribution is 2.27. The number of hydrogen-bond donors (Lipinski definition) is 1. The van der Waals surface area contributed by atoms with Crippen LogP contribution >= 0.6 is 11.6 Å². The molecular formula is C30H36ClN3O5S. The van der Waals surface area contributed by atoms with E-state index < -0.39 is 28.5 Å². The number of nitrogens with zero attached hydrogens (tertiary/aromatic N) is 2. The second-order valence-electron chi connectivity index (χ2n) is 9.48. The minimum Gasteiger partial charge on any atom is -0.497 e. The van der Waals surface area contributed by atoms with Crippen molar-refractivity contribution in [3.05, 3.63) is 89.4 Å². The van der Waals surface area contributed by atoms with Crippen LogP contribution in [0.15, 0.2) is 83.8 Å². The van der Waals surface area contributed by atoms with Crippen molar-refractivity contribution in [1.29, 1.82) is 0 Å². The van der Waals surface area contributed by atoms with Crippen molar-refractivity contribution in [3.8, 4) is 5.75 Å². The fraction of sp³-hybridized carbons (Fsp3) is 0.333. The molecule has 0 saturated heterocycles. The normalized spacial score (nSPS) is 12.7. The molecule has 2 unspecified atom stereocenters. The van der Waals surface area contributed by atoms with Crippen LogP contribution in [0.4, 0.5) is 5.69 Å². The number of carbonyl (C=O) groups is 2. The van der Waals surface area contributed by atoms with Gasteiger partial charge in [-0.1, -0.05) is 54.9 Å². The molecule has 0 aliphatic heterocycles. The molecule has 0 aliphatic rings. The summed E-state index contributed by atoms with van der Waals surface area (Å²) in [7, 11) is -2.70. The minimum absolute atomic E-state index is 0.0144. The molecule has 0 spiro atoms. The topological polar surface area (TPSA) is 96.0 Å². The first-order valence-corrected chi connectivity index (χ1v) is 14.9. The van der Waals surface area contributed by atoms with Gasteiger partial charge in [-0.15, -0.1) is 0 Å². The van der Waals surface area contributed by atoms with Crippen molar-refractivity contribution in [2.75, 3.05) is 24.5 Å². The maximum Gasteiger partial charge on any atom is 0.264 e. The Labute approximate surface area is 241 Å². The third kappa shape index (κ3) is 7.99. The Balaban J connectivity index is 1.98. The number of hydrogen-bond acceptors (Lipinski definition) is 5. The Morgan fingerprint density at radius 1 is 0.975 bits per heavy atom. The monoisotopic (exact) mass is 585 g/mol. The molecule has 3 rings (SSSR count). The van der Waals surface area contributed by atoms with Crippen molar-refractivity contribution < 1.29 is 22.7 Å². The molecule has 0 fully saturated rings. The van der Waals surface area contributed by atoms with Gasteiger partial charge in [0.25, 0.3) is 10.0 Å². The summed E-state index contributed by atoms with van der Waals surface area (Å²) in [5, 5.41) is 3.25. The lowest BCUT2D eigenvalue weighted by atomic mass is 10.1. The van der Waals surface area contributed by atoms with Crippen molar-refractivity contribution in [1.82, 2.24) is 10.2 Å². The van der Waals surface area contributed by atoms with Crippen LogP contribution in [0.2, 0.25) is 5.02 Å². The standard InChI is InChI=1S/C30H36ClN3O5S/c1-5-22(2)32-30(36)23(3)33(19-18-24-10-7-6-8-11-24)29(35)21-34(26-13-9-12-25(31)20-26)40(37,38)28-16-14-27(39-4)15-17-28/h6-17,20,22-23H,5,18-19,21H2,1-4H3,(H,32,36). The number of halogens is 1. The first-order chi connectivity index (χ1) is 19.1. The predicted octanol–water partition coefficient (Wildman–Crippen LogP) is 4.92. The number of ether oxygens (including phenoxy) is 1. The van der Waals surface area contributed by atoms with Gasteiger partial charge in [0.2, 0.25) is 11.8 Å². The van der Waals surface area contributed by atoms with Crippen molar-refractivity contribution >= 4 is 39.1 Å². The summed E-state index contributed by atoms with van der Waals surface area (Å²) in [5.74, 6) is -0.319. The first-order valence-electron chi connectivity index (χ1n) is 13.1. The SMILES string of the molecule is CCC(C)NC(=O)C(C)N(CCc1ccccc1)C(=O)CN(c1cccc(Cl)c1)S(=O)(=O)c1ccc(OC)cc1. The molecule has 2 amide bonds. The maximum absolute atomic E-state index is 13.9. The van der Waals surface area contributed by atoms with E-state index in [-0.39, 0.29) is 29.1 Å². The number of nitrogens with one attached hydrogen (secondary N) is 1. The summed E-state index contributed by atoms with van der Waals surface area (Å²) in [6.45, 7) is 5.21. The van der Waals surface area contributed by atoms with Crippen LogP contribution in [0.5, 0.6) is 5.75 Å². The summed E-state index contributed by atoms with van der Waals surface area (Å²) in [5.41, 5.74) is 1.23. The molecule has 0 aliphatic carbocycles. The van der Waals surface area contributed by atoms with E-state index in [0.717, 1.165) is 16.3 Å². The van der Waals surface area contributed by atoms with E-state index in [1.807, 2.05) is 44.2 Å². The van der Waals surface area contributed by atoms with Crippen LogP contribution in [-0.4, -0.2) is 57.4 Å². The Kier molecular flexibility index (Phi) is 11.0. The molecule has 214 valence electrons. The van der Waals surface area contributed by atoms with Gasteiger partial charge < -0.3 is 15.0 Å². The highest BCUT2D eigenvalue weighted by Gasteiger charge is 2.32. The fourth-order valence-electron chi connectivity index (χ4n) is 4.07. The van der Waals surface area contributed by atoms with E-state index in [0.29, 0.717) is 17.2 Å². The maximum atomic E-state index is 13.9. The van der Waals surface area contributed by atoms with E-state index in [9.17, 15) is 18.0 Å². The molecular weight excluding hydrogens is 550 g/mol. The van der Waals surface area contributed by atoms with Gasteiger partial charge in [0.15, 0.2) is 0 Å². The van der Waals surface area contributed by atoms with Crippen LogP contribution in [-0.2, 0) is 26.0 Å². The minimum atomic E-state index is -4.19. The molecule has 0 radical (unpaired) electrons. The Bertz CT molecular complexity index is 1380. The van der Waals surface area contributed by atoms with Gasteiger partial charge in [0, 0.05) is 17.6 Å². The highest BCUT2D eigenvalue weighted by atomic mass is 35.5. The summed E-state index contributed by atoms with van der Waals surface area (Å²) in [4.78, 5) is 28.4. The molecule has 3 aromatic rings. The second-order valence-corrected chi connectivity index (χ2v) is 11.8. The average Bonchev–Trinajstić information content (AvgIpc) is 2.96. The third-order valence-corrected chi connectivity index (χ3v) is 8.70. The van der Waals surface area contributed by atoms with Gasteiger partial charge in [-0.2, -0.15) is 0 Å². The highest BCUT2D eigenvalue weighted by molar-refractivity contribution is 7.92. The van der Waals surface area contributed by atoms with Crippen LogP contribution in [0.3, 0.4) is 0 Å². The Hall–Kier alpha value is -3.56. The summed E-state index contributed by atoms with van der Waals surface area (Å²) >= 11 is 6.21. The van der Waals surface area contributed by atoms with Crippen LogP contribution < -0.4 is 14.4 Å². The Morgan fingerprint density at radius 2 is 1.65 bits per heavy atom. The predicted molar refractivity (Wildman–Crippen MR) is 158 cm³/mol. The number of sulfonamides is 1. The van der Waals surface area contributed by atoms with E-state index in [4.69, 9.17) is 16.3 Å². The van der Waals surface area contributed by atoms with Crippen molar-refractivity contribution in [3.63, 3.8) is 0 Å². The quantitative estimate of drug-likeness (QED) is 0.307. The van der Waals surface area contributed by atoms with Gasteiger partial charge in [-0.25, -0.2) is 8.42 Å². The van der Waals surface area contributed by atoms with Gasteiger partial charge in [0.05, 0.1) is 17.7 Å². The van der Waals surface area contributed by atoms with Crippen LogP contribution in [0.1, 0.15) is 32.8 Å². The fourth-order valence-corrected chi connectivity index (χ4v) is 5.66. The number of amides is 2. The average molecular weight is 586 g/mol. The molecule has 0 heterocycles. The molecule has 1 N–H and O–H groups in total. The number of methoxy groups -OCH3 is 1. The molecule has 40 heavy (non-hydrogen) atoms. The zero-order valence-corrected chi connectivity index (χ0v) is 24.8. The van der Waals surface area contributed by atoms with E-state index in [2.05, 4.69) is 5.32 Å². The van der Waals surface area contributed by atoms with Gasteiger partial charge in [-0.3, -0.25) is 13.9 Å². The van der Waals surface area contributed by atoms with E-state index >= 15 is 0 Å². The second kappa shape index (κ2) is 14.2. The number of carbonyl (C=O) groups excluding carboxylic acids is 2. The van der Waals surface area contributed by atoms with Crippen molar-refractivity contribution in [2.24, 2.45) is 0 Å². The van der Waals surface area contributed by atoms with Crippen LogP contribution in [0, 0.1) is 0 Å². The zero-order chi connectivity index (χ0) is 29.3. The summed E-state index contributed by atoms with van der Waals surface area (Å²) < 4.78 is 33.9. The first kappa shape index (κ1) is 31.0. The molecule has 0 saturated carbocycles. The molecule has 2 atom stereocenters. The lowest BCUT2D eigenvalue weighted by Gasteiger charge is -2.32. The van der Waals surface area contributed by atoms with Gasteiger partial charge >= 0.3 is 0 Å². The van der Waals surface area contributed by atoms with E-state index in [1.54, 1.807) is 37.3 Å².